The van der Waals surface area contributed by atoms with Crippen molar-refractivity contribution in [3.63, 3.8) is 0 Å². The van der Waals surface area contributed by atoms with E-state index < -0.39 is 4.92 Å². The lowest BCUT2D eigenvalue weighted by atomic mass is 10.00. The predicted octanol–water partition coefficient (Wildman–Crippen LogP) is 5.78. The zero-order valence-corrected chi connectivity index (χ0v) is 13.8. The highest BCUT2D eigenvalue weighted by Crippen LogP contribution is 2.44. The maximum atomic E-state index is 11.1. The zero-order valence-electron chi connectivity index (χ0n) is 10.7. The topological polar surface area (TPSA) is 58.9 Å². The highest BCUT2D eigenvalue weighted by atomic mass is 79.9. The van der Waals surface area contributed by atoms with Crippen molar-refractivity contribution in [1.29, 1.82) is 0 Å². The molecule has 2 rings (SSSR count). The number of benzene rings is 1. The van der Waals surface area contributed by atoms with E-state index in [0.717, 1.165) is 5.69 Å². The third kappa shape index (κ3) is 2.71. The molecule has 0 bridgehead atoms. The molecule has 0 unspecified atom stereocenters. The Bertz CT molecular complexity index is 683. The zero-order chi connectivity index (χ0) is 15.0. The van der Waals surface area contributed by atoms with Gasteiger partial charge in [0, 0.05) is 22.1 Å². The molecule has 1 aromatic carbocycles. The van der Waals surface area contributed by atoms with Crippen LogP contribution in [0.4, 0.5) is 5.82 Å². The van der Waals surface area contributed by atoms with Gasteiger partial charge in [-0.3, -0.25) is 0 Å². The van der Waals surface area contributed by atoms with E-state index in [-0.39, 0.29) is 11.7 Å². The monoisotopic (exact) mass is 376 g/mol. The number of H-pyrrole nitrogens is 1. The molecule has 1 heterocycles. The van der Waals surface area contributed by atoms with Crippen LogP contribution >= 0.6 is 39.1 Å². The van der Waals surface area contributed by atoms with Crippen LogP contribution in [0.3, 0.4) is 0 Å². The summed E-state index contributed by atoms with van der Waals surface area (Å²) in [6.45, 7) is 3.91. The molecular formula is C13H11BrCl2N2O2. The average molecular weight is 378 g/mol. The van der Waals surface area contributed by atoms with Crippen LogP contribution in [0, 0.1) is 10.1 Å². The SMILES string of the molecule is CC(C)c1[nH]c([N+](=O)[O-])c(Br)c1-c1ccc(Cl)cc1Cl. The summed E-state index contributed by atoms with van der Waals surface area (Å²) >= 11 is 15.4. The Labute approximate surface area is 134 Å². The van der Waals surface area contributed by atoms with Crippen LogP contribution in [0.15, 0.2) is 22.7 Å². The Hall–Kier alpha value is -1.04. The van der Waals surface area contributed by atoms with Crippen LogP contribution < -0.4 is 0 Å². The van der Waals surface area contributed by atoms with E-state index in [1.54, 1.807) is 18.2 Å². The van der Waals surface area contributed by atoms with Gasteiger partial charge in [0.25, 0.3) is 0 Å². The molecule has 0 aliphatic rings. The molecule has 2 aromatic rings. The summed E-state index contributed by atoms with van der Waals surface area (Å²) in [5.41, 5.74) is 2.16. The van der Waals surface area contributed by atoms with Crippen LogP contribution in [-0.2, 0) is 0 Å². The summed E-state index contributed by atoms with van der Waals surface area (Å²) < 4.78 is 0.399. The average Bonchev–Trinajstić information content (AvgIpc) is 2.67. The Morgan fingerprint density at radius 2 is 2.00 bits per heavy atom. The number of hydrogen-bond donors (Lipinski definition) is 1. The molecule has 0 saturated carbocycles. The van der Waals surface area contributed by atoms with Crippen LogP contribution in [0.25, 0.3) is 11.1 Å². The van der Waals surface area contributed by atoms with Crippen LogP contribution in [0.1, 0.15) is 25.5 Å². The fraction of sp³-hybridized carbons (Fsp3) is 0.231. The first-order valence-electron chi connectivity index (χ1n) is 5.84. The van der Waals surface area contributed by atoms with Gasteiger partial charge in [0.2, 0.25) is 0 Å². The van der Waals surface area contributed by atoms with Gasteiger partial charge in [-0.15, -0.1) is 0 Å². The van der Waals surface area contributed by atoms with Gasteiger partial charge >= 0.3 is 5.82 Å². The smallest absolute Gasteiger partial charge is 0.336 e. The van der Waals surface area contributed by atoms with Gasteiger partial charge < -0.3 is 10.1 Å². The van der Waals surface area contributed by atoms with Gasteiger partial charge in [-0.25, -0.2) is 4.98 Å². The minimum atomic E-state index is -0.455. The van der Waals surface area contributed by atoms with E-state index in [4.69, 9.17) is 23.2 Å². The lowest BCUT2D eigenvalue weighted by Gasteiger charge is -2.07. The van der Waals surface area contributed by atoms with Crippen molar-refractivity contribution in [2.24, 2.45) is 0 Å². The van der Waals surface area contributed by atoms with E-state index >= 15 is 0 Å². The number of aromatic amines is 1. The number of rotatable bonds is 3. The largest absolute Gasteiger partial charge is 0.358 e. The fourth-order valence-electron chi connectivity index (χ4n) is 2.00. The second-order valence-corrected chi connectivity index (χ2v) is 6.25. The van der Waals surface area contributed by atoms with Crippen molar-refractivity contribution < 1.29 is 4.92 Å². The number of aromatic nitrogens is 1. The molecule has 0 amide bonds. The number of halogens is 3. The first-order valence-corrected chi connectivity index (χ1v) is 7.39. The molecule has 0 aliphatic heterocycles. The lowest BCUT2D eigenvalue weighted by molar-refractivity contribution is -0.390. The maximum Gasteiger partial charge on any atom is 0.336 e. The van der Waals surface area contributed by atoms with Crippen molar-refractivity contribution in [3.8, 4) is 11.1 Å². The Kier molecular flexibility index (Phi) is 4.42. The summed E-state index contributed by atoms with van der Waals surface area (Å²) in [6, 6.07) is 5.08. The number of nitrogens with one attached hydrogen (secondary N) is 1. The van der Waals surface area contributed by atoms with E-state index in [0.29, 0.717) is 25.6 Å². The molecule has 0 fully saturated rings. The minimum absolute atomic E-state index is 0.0743. The summed E-state index contributed by atoms with van der Waals surface area (Å²) in [5, 5.41) is 12.0. The second-order valence-electron chi connectivity index (χ2n) is 4.61. The quantitative estimate of drug-likeness (QED) is 0.544. The minimum Gasteiger partial charge on any atom is -0.358 e. The third-order valence-corrected chi connectivity index (χ3v) is 4.23. The Morgan fingerprint density at radius 1 is 1.35 bits per heavy atom. The van der Waals surface area contributed by atoms with Crippen LogP contribution in [-0.4, -0.2) is 9.91 Å². The van der Waals surface area contributed by atoms with E-state index in [2.05, 4.69) is 20.9 Å². The normalized spacial score (nSPS) is 11.1. The van der Waals surface area contributed by atoms with Gasteiger partial charge in [-0.2, -0.15) is 0 Å². The Morgan fingerprint density at radius 3 is 2.50 bits per heavy atom. The fourth-order valence-corrected chi connectivity index (χ4v) is 3.17. The van der Waals surface area contributed by atoms with Gasteiger partial charge in [-0.1, -0.05) is 43.1 Å². The van der Waals surface area contributed by atoms with E-state index in [1.165, 1.54) is 0 Å². The molecule has 0 atom stereocenters. The molecule has 1 aromatic heterocycles. The first kappa shape index (κ1) is 15.4. The summed E-state index contributed by atoms with van der Waals surface area (Å²) in [5.74, 6) is 0.0106. The molecule has 0 aliphatic carbocycles. The molecular weight excluding hydrogens is 367 g/mol. The van der Waals surface area contributed by atoms with Gasteiger partial charge in [-0.05, 0) is 33.0 Å². The standard InChI is InChI=1S/C13H11BrCl2N2O2/c1-6(2)12-10(11(14)13(17-12)18(19)20)8-4-3-7(15)5-9(8)16/h3-6,17H,1-2H3. The van der Waals surface area contributed by atoms with Crippen LogP contribution in [0.5, 0.6) is 0 Å². The summed E-state index contributed by atoms with van der Waals surface area (Å²) in [7, 11) is 0. The van der Waals surface area contributed by atoms with E-state index in [1.807, 2.05) is 13.8 Å². The molecule has 0 radical (unpaired) electrons. The van der Waals surface area contributed by atoms with Crippen molar-refractivity contribution in [2.75, 3.05) is 0 Å². The number of nitro groups is 1. The molecule has 0 spiro atoms. The second kappa shape index (κ2) is 5.76. The van der Waals surface area contributed by atoms with Crippen molar-refractivity contribution in [2.45, 2.75) is 19.8 Å². The number of hydrogen-bond acceptors (Lipinski definition) is 2. The molecule has 20 heavy (non-hydrogen) atoms. The molecule has 1 N–H and O–H groups in total. The predicted molar refractivity (Wildman–Crippen MR) is 84.7 cm³/mol. The number of nitrogens with zero attached hydrogens (tertiary/aromatic N) is 1. The third-order valence-electron chi connectivity index (χ3n) is 2.91. The highest BCUT2D eigenvalue weighted by Gasteiger charge is 2.27. The van der Waals surface area contributed by atoms with Gasteiger partial charge in [0.15, 0.2) is 0 Å². The van der Waals surface area contributed by atoms with Crippen molar-refractivity contribution >= 4 is 44.9 Å². The van der Waals surface area contributed by atoms with Crippen molar-refractivity contribution in [1.82, 2.24) is 4.98 Å². The molecule has 106 valence electrons. The molecule has 4 nitrogen and oxygen atoms in total. The van der Waals surface area contributed by atoms with E-state index in [9.17, 15) is 10.1 Å². The molecule has 7 heteroatoms. The Balaban J connectivity index is 2.75. The van der Waals surface area contributed by atoms with Crippen LogP contribution in [0.2, 0.25) is 10.0 Å². The maximum absolute atomic E-state index is 11.1. The molecule has 0 saturated heterocycles. The van der Waals surface area contributed by atoms with Gasteiger partial charge in [0.05, 0.1) is 5.02 Å². The van der Waals surface area contributed by atoms with Crippen molar-refractivity contribution in [3.05, 3.63) is 48.5 Å². The summed E-state index contributed by atoms with van der Waals surface area (Å²) in [4.78, 5) is 13.5. The lowest BCUT2D eigenvalue weighted by Crippen LogP contribution is -1.92. The van der Waals surface area contributed by atoms with Gasteiger partial charge in [0.1, 0.15) is 10.2 Å². The highest BCUT2D eigenvalue weighted by molar-refractivity contribution is 9.10. The summed E-state index contributed by atoms with van der Waals surface area (Å²) in [6.07, 6.45) is 0. The first-order chi connectivity index (χ1) is 9.32.